The van der Waals surface area contributed by atoms with Gasteiger partial charge >= 0.3 is 36.1 Å². The number of Topliss-reactive ketones (excluding diaryl/α,β-unsaturated/α-hetero) is 1. The lowest BCUT2D eigenvalue weighted by Gasteiger charge is -2.35. The maximum atomic E-state index is 12.8. The third-order valence-electron chi connectivity index (χ3n) is 2.72. The lowest BCUT2D eigenvalue weighted by Crippen LogP contribution is -2.63. The smallest absolute Gasteiger partial charge is 0.434 e. The molecule has 0 aliphatic heterocycles. The number of esters is 1. The number of ether oxygens (including phenoxy) is 1. The van der Waals surface area contributed by atoms with Gasteiger partial charge in [0, 0.05) is 6.42 Å². The molecule has 0 aromatic heterocycles. The lowest BCUT2D eigenvalue weighted by atomic mass is 9.80. The fourth-order valence-electron chi connectivity index (χ4n) is 1.60. The van der Waals surface area contributed by atoms with Crippen molar-refractivity contribution < 1.29 is 67.0 Å². The highest BCUT2D eigenvalue weighted by atomic mass is 19.4. The Balaban J connectivity index is 6.43. The average Bonchev–Trinajstić information content (AvgIpc) is 2.29. The predicted molar refractivity (Wildman–Crippen MR) is 51.8 cm³/mol. The van der Waals surface area contributed by atoms with Crippen LogP contribution in [0.5, 0.6) is 0 Å². The van der Waals surface area contributed by atoms with Crippen molar-refractivity contribution in [3.63, 3.8) is 0 Å². The fraction of sp³-hybridized carbons (Fsp3) is 0.800. The monoisotopic (exact) mass is 402 g/mol. The summed E-state index contributed by atoms with van der Waals surface area (Å²) in [5.74, 6) is -7.10. The van der Waals surface area contributed by atoms with E-state index in [0.29, 0.717) is 6.92 Å². The first-order valence-electron chi connectivity index (χ1n) is 5.75. The summed E-state index contributed by atoms with van der Waals surface area (Å²) in [5, 5.41) is 0. The molecule has 0 atom stereocenters. The SMILES string of the molecule is CCC(=O)C(C(=O)OC(C(F)(F)F)C(F)(F)F)(C(F)(F)F)C(F)(F)F. The van der Waals surface area contributed by atoms with E-state index in [-0.39, 0.29) is 0 Å². The topological polar surface area (TPSA) is 43.4 Å². The standard InChI is InChI=1S/C10H6F12O3/c1-2-3(23)6(9(17,18)19,10(20,21)22)5(24)25-4(7(11,12)13)8(14,15)16/h4H,2H2,1H3. The molecule has 25 heavy (non-hydrogen) atoms. The number of hydrogen-bond acceptors (Lipinski definition) is 3. The molecule has 0 saturated carbocycles. The second-order valence-electron chi connectivity index (χ2n) is 4.39. The van der Waals surface area contributed by atoms with Gasteiger partial charge in [-0.2, -0.15) is 52.7 Å². The molecule has 0 heterocycles. The molecular weight excluding hydrogens is 396 g/mol. The minimum absolute atomic E-state index is 0.382. The van der Waals surface area contributed by atoms with Crippen LogP contribution in [0.4, 0.5) is 52.7 Å². The maximum Gasteiger partial charge on any atom is 0.434 e. The van der Waals surface area contributed by atoms with Crippen LogP contribution in [0.3, 0.4) is 0 Å². The van der Waals surface area contributed by atoms with Gasteiger partial charge in [0.1, 0.15) is 0 Å². The van der Waals surface area contributed by atoms with Gasteiger partial charge in [-0.3, -0.25) is 9.59 Å². The molecule has 3 nitrogen and oxygen atoms in total. The molecule has 0 amide bonds. The van der Waals surface area contributed by atoms with Gasteiger partial charge < -0.3 is 4.74 Å². The molecule has 0 fully saturated rings. The molecule has 0 spiro atoms. The van der Waals surface area contributed by atoms with Crippen LogP contribution in [-0.2, 0) is 14.3 Å². The zero-order chi connectivity index (χ0) is 20.6. The van der Waals surface area contributed by atoms with Gasteiger partial charge in [0.2, 0.25) is 0 Å². The predicted octanol–water partition coefficient (Wildman–Crippen LogP) is 4.11. The van der Waals surface area contributed by atoms with Gasteiger partial charge in [-0.25, -0.2) is 0 Å². The molecular formula is C10H6F12O3. The molecule has 0 aromatic carbocycles. The van der Waals surface area contributed by atoms with Gasteiger partial charge in [0.05, 0.1) is 0 Å². The van der Waals surface area contributed by atoms with Gasteiger partial charge in [-0.1, -0.05) is 6.92 Å². The highest BCUT2D eigenvalue weighted by Gasteiger charge is 2.81. The number of ketones is 1. The molecule has 148 valence electrons. The summed E-state index contributed by atoms with van der Waals surface area (Å²) in [6, 6.07) is 0. The first-order valence-corrected chi connectivity index (χ1v) is 5.75. The van der Waals surface area contributed by atoms with Gasteiger partial charge in [-0.15, -0.1) is 0 Å². The molecule has 0 rings (SSSR count). The quantitative estimate of drug-likeness (QED) is 0.404. The summed E-state index contributed by atoms with van der Waals surface area (Å²) in [6.07, 6.45) is -33.9. The van der Waals surface area contributed by atoms with E-state index < -0.39 is 54.4 Å². The number of halogens is 12. The Morgan fingerprint density at radius 1 is 0.760 bits per heavy atom. The highest BCUT2D eigenvalue weighted by molar-refractivity contribution is 6.05. The number of carbonyl (C=O) groups excluding carboxylic acids is 2. The van der Waals surface area contributed by atoms with Crippen molar-refractivity contribution in [3.05, 3.63) is 0 Å². The molecule has 0 saturated heterocycles. The van der Waals surface area contributed by atoms with Crippen LogP contribution in [-0.4, -0.2) is 42.6 Å². The second-order valence-corrected chi connectivity index (χ2v) is 4.39. The zero-order valence-corrected chi connectivity index (χ0v) is 11.5. The third kappa shape index (κ3) is 4.29. The molecule has 0 unspecified atom stereocenters. The summed E-state index contributed by atoms with van der Waals surface area (Å²) in [6.45, 7) is 0.382. The minimum atomic E-state index is -6.91. The van der Waals surface area contributed by atoms with E-state index in [0.717, 1.165) is 0 Å². The van der Waals surface area contributed by atoms with E-state index in [1.165, 1.54) is 0 Å². The fourth-order valence-corrected chi connectivity index (χ4v) is 1.60. The van der Waals surface area contributed by atoms with Crippen molar-refractivity contribution in [2.24, 2.45) is 5.41 Å². The number of rotatable bonds is 4. The summed E-state index contributed by atoms with van der Waals surface area (Å²) < 4.78 is 152. The van der Waals surface area contributed by atoms with Crippen molar-refractivity contribution in [2.75, 3.05) is 0 Å². The van der Waals surface area contributed by atoms with Crippen LogP contribution in [0.2, 0.25) is 0 Å². The van der Waals surface area contributed by atoms with Gasteiger partial charge in [0.25, 0.3) is 6.10 Å². The summed E-state index contributed by atoms with van der Waals surface area (Å²) in [7, 11) is 0. The van der Waals surface area contributed by atoms with E-state index in [1.807, 2.05) is 0 Å². The molecule has 0 radical (unpaired) electrons. The van der Waals surface area contributed by atoms with E-state index in [1.54, 1.807) is 0 Å². The first-order chi connectivity index (χ1) is 10.7. The largest absolute Gasteiger partial charge is 0.441 e. The van der Waals surface area contributed by atoms with Gasteiger partial charge in [0.15, 0.2) is 5.78 Å². The van der Waals surface area contributed by atoms with Crippen molar-refractivity contribution in [1.82, 2.24) is 0 Å². The molecule has 15 heteroatoms. The van der Waals surface area contributed by atoms with Crippen LogP contribution in [0.15, 0.2) is 0 Å². The Morgan fingerprint density at radius 3 is 1.28 bits per heavy atom. The zero-order valence-electron chi connectivity index (χ0n) is 11.5. The number of carbonyl (C=O) groups is 2. The second kappa shape index (κ2) is 6.55. The Bertz CT molecular complexity index is 481. The molecule has 0 bridgehead atoms. The average molecular weight is 402 g/mol. The Kier molecular flexibility index (Phi) is 6.11. The minimum Gasteiger partial charge on any atom is -0.441 e. The van der Waals surface area contributed by atoms with Crippen LogP contribution >= 0.6 is 0 Å². The van der Waals surface area contributed by atoms with Crippen LogP contribution in [0, 0.1) is 5.41 Å². The lowest BCUT2D eigenvalue weighted by molar-refractivity contribution is -0.343. The Labute approximate surface area is 129 Å². The summed E-state index contributed by atoms with van der Waals surface area (Å²) in [4.78, 5) is 22.3. The van der Waals surface area contributed by atoms with E-state index in [2.05, 4.69) is 4.74 Å². The van der Waals surface area contributed by atoms with Crippen molar-refractivity contribution in [2.45, 2.75) is 44.2 Å². The molecule has 0 aliphatic rings. The van der Waals surface area contributed by atoms with Gasteiger partial charge in [-0.05, 0) is 0 Å². The molecule has 0 aromatic rings. The van der Waals surface area contributed by atoms with Crippen LogP contribution < -0.4 is 0 Å². The Morgan fingerprint density at radius 2 is 1.08 bits per heavy atom. The van der Waals surface area contributed by atoms with Crippen molar-refractivity contribution >= 4 is 11.8 Å². The van der Waals surface area contributed by atoms with E-state index in [4.69, 9.17) is 0 Å². The maximum absolute atomic E-state index is 12.8. The summed E-state index contributed by atoms with van der Waals surface area (Å²) in [5.41, 5.74) is -6.19. The normalized spacial score (nSPS) is 14.6. The molecule has 0 N–H and O–H groups in total. The highest BCUT2D eigenvalue weighted by Crippen LogP contribution is 2.53. The number of alkyl halides is 12. The first kappa shape index (κ1) is 23.3. The van der Waals surface area contributed by atoms with E-state index >= 15 is 0 Å². The van der Waals surface area contributed by atoms with E-state index in [9.17, 15) is 62.3 Å². The third-order valence-corrected chi connectivity index (χ3v) is 2.72. The van der Waals surface area contributed by atoms with Crippen molar-refractivity contribution in [1.29, 1.82) is 0 Å². The van der Waals surface area contributed by atoms with Crippen molar-refractivity contribution in [3.8, 4) is 0 Å². The number of hydrogen-bond donors (Lipinski definition) is 0. The van der Waals surface area contributed by atoms with Crippen LogP contribution in [0.25, 0.3) is 0 Å². The molecule has 0 aliphatic carbocycles. The Hall–Kier alpha value is -1.70. The van der Waals surface area contributed by atoms with Crippen LogP contribution in [0.1, 0.15) is 13.3 Å². The summed E-state index contributed by atoms with van der Waals surface area (Å²) >= 11 is 0.